The van der Waals surface area contributed by atoms with E-state index in [1.54, 1.807) is 25.1 Å². The molecule has 0 fully saturated rings. The molecule has 0 aliphatic rings. The lowest BCUT2D eigenvalue weighted by atomic mass is 10.1. The van der Waals surface area contributed by atoms with Gasteiger partial charge in [0.15, 0.2) is 0 Å². The summed E-state index contributed by atoms with van der Waals surface area (Å²) >= 11 is 0. The minimum Gasteiger partial charge on any atom is -0.481 e. The molecular weight excluding hydrogens is 260 g/mol. The summed E-state index contributed by atoms with van der Waals surface area (Å²) in [6.45, 7) is 3.28. The fourth-order valence-corrected chi connectivity index (χ4v) is 1.69. The Morgan fingerprint density at radius 3 is 2.60 bits per heavy atom. The third-order valence-electron chi connectivity index (χ3n) is 2.58. The van der Waals surface area contributed by atoms with E-state index in [1.165, 1.54) is 0 Å². The molecule has 108 valence electrons. The minimum atomic E-state index is -0.985. The molecule has 20 heavy (non-hydrogen) atoms. The Morgan fingerprint density at radius 1 is 1.30 bits per heavy atom. The molecule has 0 aliphatic heterocycles. The summed E-state index contributed by atoms with van der Waals surface area (Å²) in [5, 5.41) is 13.5. The Hall–Kier alpha value is -2.37. The lowest BCUT2D eigenvalue weighted by Crippen LogP contribution is -2.41. The molecule has 0 radical (unpaired) electrons. The Labute approximate surface area is 117 Å². The molecule has 3 N–H and O–H groups in total. The van der Waals surface area contributed by atoms with E-state index in [4.69, 9.17) is 5.11 Å². The van der Waals surface area contributed by atoms with Gasteiger partial charge >= 0.3 is 5.97 Å². The van der Waals surface area contributed by atoms with E-state index in [0.29, 0.717) is 5.56 Å². The molecule has 1 atom stereocenters. The van der Waals surface area contributed by atoms with Gasteiger partial charge in [0, 0.05) is 11.6 Å². The number of aliphatic carboxylic acids is 1. The van der Waals surface area contributed by atoms with E-state index in [0.717, 1.165) is 5.56 Å². The number of carbonyl (C=O) groups excluding carboxylic acids is 2. The van der Waals surface area contributed by atoms with Crippen LogP contribution in [0.1, 0.15) is 29.3 Å². The quantitative estimate of drug-likeness (QED) is 0.714. The van der Waals surface area contributed by atoms with Crippen LogP contribution >= 0.6 is 0 Å². The van der Waals surface area contributed by atoms with E-state index >= 15 is 0 Å². The van der Waals surface area contributed by atoms with Gasteiger partial charge < -0.3 is 15.7 Å². The van der Waals surface area contributed by atoms with Gasteiger partial charge in [-0.05, 0) is 26.0 Å². The summed E-state index contributed by atoms with van der Waals surface area (Å²) in [4.78, 5) is 33.8. The second kappa shape index (κ2) is 7.28. The number of rotatable bonds is 6. The van der Waals surface area contributed by atoms with Crippen LogP contribution in [0.5, 0.6) is 0 Å². The molecule has 2 amide bonds. The number of hydrogen-bond donors (Lipinski definition) is 3. The largest absolute Gasteiger partial charge is 0.481 e. The number of amides is 2. The molecule has 6 heteroatoms. The molecular formula is C14H18N2O4. The SMILES string of the molecule is Cc1cccc(C(=O)NCC(=O)NC(C)CC(=O)O)c1. The summed E-state index contributed by atoms with van der Waals surface area (Å²) in [6, 6.07) is 6.54. The molecule has 0 spiro atoms. The zero-order valence-corrected chi connectivity index (χ0v) is 11.5. The van der Waals surface area contributed by atoms with Gasteiger partial charge in [-0.1, -0.05) is 17.7 Å². The highest BCUT2D eigenvalue weighted by Crippen LogP contribution is 2.03. The van der Waals surface area contributed by atoms with Crippen molar-refractivity contribution in [2.24, 2.45) is 0 Å². The number of benzene rings is 1. The highest BCUT2D eigenvalue weighted by atomic mass is 16.4. The van der Waals surface area contributed by atoms with Crippen molar-refractivity contribution in [2.75, 3.05) is 6.54 Å². The van der Waals surface area contributed by atoms with Gasteiger partial charge in [0.25, 0.3) is 5.91 Å². The first-order valence-electron chi connectivity index (χ1n) is 6.24. The monoisotopic (exact) mass is 278 g/mol. The van der Waals surface area contributed by atoms with Gasteiger partial charge in [-0.2, -0.15) is 0 Å². The Bertz CT molecular complexity index is 514. The highest BCUT2D eigenvalue weighted by molar-refractivity contribution is 5.96. The number of carboxylic acids is 1. The van der Waals surface area contributed by atoms with Crippen LogP contribution in [0.15, 0.2) is 24.3 Å². The van der Waals surface area contributed by atoms with Crippen molar-refractivity contribution in [3.8, 4) is 0 Å². The second-order valence-corrected chi connectivity index (χ2v) is 4.62. The maximum absolute atomic E-state index is 11.8. The van der Waals surface area contributed by atoms with Crippen LogP contribution in [0.3, 0.4) is 0 Å². The van der Waals surface area contributed by atoms with Crippen LogP contribution in [0, 0.1) is 6.92 Å². The number of carbonyl (C=O) groups is 3. The van der Waals surface area contributed by atoms with Crippen LogP contribution in [0.25, 0.3) is 0 Å². The molecule has 0 aliphatic carbocycles. The molecule has 0 aromatic heterocycles. The van der Waals surface area contributed by atoms with Crippen molar-refractivity contribution in [2.45, 2.75) is 26.3 Å². The summed E-state index contributed by atoms with van der Waals surface area (Å²) < 4.78 is 0. The maximum atomic E-state index is 11.8. The first kappa shape index (κ1) is 15.7. The molecule has 6 nitrogen and oxygen atoms in total. The van der Waals surface area contributed by atoms with E-state index in [-0.39, 0.29) is 18.9 Å². The second-order valence-electron chi connectivity index (χ2n) is 4.62. The predicted molar refractivity (Wildman–Crippen MR) is 73.4 cm³/mol. The first-order chi connectivity index (χ1) is 9.38. The average Bonchev–Trinajstić information content (AvgIpc) is 2.34. The van der Waals surface area contributed by atoms with E-state index in [9.17, 15) is 14.4 Å². The van der Waals surface area contributed by atoms with Crippen LogP contribution in [-0.2, 0) is 9.59 Å². The third kappa shape index (κ3) is 5.51. The summed E-state index contributed by atoms with van der Waals surface area (Å²) in [7, 11) is 0. The first-order valence-corrected chi connectivity index (χ1v) is 6.24. The lowest BCUT2D eigenvalue weighted by Gasteiger charge is -2.12. The van der Waals surface area contributed by atoms with Crippen molar-refractivity contribution in [3.05, 3.63) is 35.4 Å². The molecule has 0 saturated carbocycles. The van der Waals surface area contributed by atoms with Gasteiger partial charge in [-0.3, -0.25) is 14.4 Å². The molecule has 0 bridgehead atoms. The summed E-state index contributed by atoms with van der Waals surface area (Å²) in [6.07, 6.45) is -0.155. The standard InChI is InChI=1S/C14H18N2O4/c1-9-4-3-5-11(6-9)14(20)15-8-12(17)16-10(2)7-13(18)19/h3-6,10H,7-8H2,1-2H3,(H,15,20)(H,16,17)(H,18,19). The fourth-order valence-electron chi connectivity index (χ4n) is 1.69. The van der Waals surface area contributed by atoms with E-state index in [2.05, 4.69) is 10.6 Å². The van der Waals surface area contributed by atoms with Crippen LogP contribution < -0.4 is 10.6 Å². The number of carboxylic acid groups (broad SMARTS) is 1. The van der Waals surface area contributed by atoms with E-state index < -0.39 is 17.9 Å². The number of hydrogen-bond acceptors (Lipinski definition) is 3. The van der Waals surface area contributed by atoms with Gasteiger partial charge in [0.1, 0.15) is 0 Å². The molecule has 1 aromatic rings. The minimum absolute atomic E-state index is 0.155. The zero-order chi connectivity index (χ0) is 15.1. The van der Waals surface area contributed by atoms with Crippen molar-refractivity contribution in [3.63, 3.8) is 0 Å². The highest BCUT2D eigenvalue weighted by Gasteiger charge is 2.12. The van der Waals surface area contributed by atoms with Crippen molar-refractivity contribution in [1.29, 1.82) is 0 Å². The van der Waals surface area contributed by atoms with Gasteiger partial charge in [0.2, 0.25) is 5.91 Å². The normalized spacial score (nSPS) is 11.5. The smallest absolute Gasteiger partial charge is 0.305 e. The Kier molecular flexibility index (Phi) is 5.71. The van der Waals surface area contributed by atoms with Crippen LogP contribution in [-0.4, -0.2) is 35.5 Å². The lowest BCUT2D eigenvalue weighted by molar-refractivity contribution is -0.137. The van der Waals surface area contributed by atoms with Crippen LogP contribution in [0.4, 0.5) is 0 Å². The summed E-state index contributed by atoms with van der Waals surface area (Å²) in [5.74, 6) is -1.74. The van der Waals surface area contributed by atoms with Crippen molar-refractivity contribution in [1.82, 2.24) is 10.6 Å². The fraction of sp³-hybridized carbons (Fsp3) is 0.357. The molecule has 0 heterocycles. The summed E-state index contributed by atoms with van der Waals surface area (Å²) in [5.41, 5.74) is 1.44. The van der Waals surface area contributed by atoms with Crippen molar-refractivity contribution < 1.29 is 19.5 Å². The number of aryl methyl sites for hydroxylation is 1. The maximum Gasteiger partial charge on any atom is 0.305 e. The van der Waals surface area contributed by atoms with Gasteiger partial charge in [-0.25, -0.2) is 0 Å². The number of nitrogens with one attached hydrogen (secondary N) is 2. The van der Waals surface area contributed by atoms with Crippen LogP contribution in [0.2, 0.25) is 0 Å². The van der Waals surface area contributed by atoms with Crippen molar-refractivity contribution >= 4 is 17.8 Å². The zero-order valence-electron chi connectivity index (χ0n) is 11.5. The molecule has 1 aromatic carbocycles. The Balaban J connectivity index is 2.41. The average molecular weight is 278 g/mol. The Morgan fingerprint density at radius 2 is 2.00 bits per heavy atom. The van der Waals surface area contributed by atoms with Gasteiger partial charge in [-0.15, -0.1) is 0 Å². The predicted octanol–water partition coefficient (Wildman–Crippen LogP) is 0.704. The topological polar surface area (TPSA) is 95.5 Å². The molecule has 1 rings (SSSR count). The van der Waals surface area contributed by atoms with Gasteiger partial charge in [0.05, 0.1) is 13.0 Å². The molecule has 0 saturated heterocycles. The molecule has 1 unspecified atom stereocenters. The van der Waals surface area contributed by atoms with E-state index in [1.807, 2.05) is 13.0 Å². The third-order valence-corrected chi connectivity index (χ3v) is 2.58.